The van der Waals surface area contributed by atoms with E-state index in [-0.39, 0.29) is 17.5 Å². The van der Waals surface area contributed by atoms with Crippen molar-refractivity contribution in [2.75, 3.05) is 5.32 Å². The van der Waals surface area contributed by atoms with Crippen LogP contribution in [0.3, 0.4) is 0 Å². The van der Waals surface area contributed by atoms with Gasteiger partial charge in [0, 0.05) is 11.6 Å². The highest BCUT2D eigenvalue weighted by Gasteiger charge is 2.20. The molecule has 1 heterocycles. The Morgan fingerprint density at radius 3 is 2.50 bits per heavy atom. The molecule has 5 heteroatoms. The Kier molecular flexibility index (Phi) is 3.58. The van der Waals surface area contributed by atoms with Crippen LogP contribution in [0.15, 0.2) is 23.0 Å². The standard InChI is InChI=1S/C15H19N3O2/c19-14(10-5-3-1-2-4-6-10)16-11-7-8-12-13(9-11)18-15(20)17-12/h7-10H,1-6H2,(H,16,19)(H2,17,18,20). The van der Waals surface area contributed by atoms with Gasteiger partial charge >= 0.3 is 5.69 Å². The minimum absolute atomic E-state index is 0.101. The highest BCUT2D eigenvalue weighted by molar-refractivity contribution is 5.94. The van der Waals surface area contributed by atoms with Crippen LogP contribution in [0.4, 0.5) is 5.69 Å². The van der Waals surface area contributed by atoms with Crippen molar-refractivity contribution in [3.8, 4) is 0 Å². The number of aromatic amines is 2. The Labute approximate surface area is 116 Å². The van der Waals surface area contributed by atoms with Crippen molar-refractivity contribution in [3.05, 3.63) is 28.7 Å². The highest BCUT2D eigenvalue weighted by Crippen LogP contribution is 2.24. The van der Waals surface area contributed by atoms with E-state index < -0.39 is 0 Å². The molecule has 3 rings (SSSR count). The fraction of sp³-hybridized carbons (Fsp3) is 0.467. The van der Waals surface area contributed by atoms with Crippen LogP contribution in [0.5, 0.6) is 0 Å². The van der Waals surface area contributed by atoms with Gasteiger partial charge in [-0.25, -0.2) is 4.79 Å². The van der Waals surface area contributed by atoms with Gasteiger partial charge in [-0.2, -0.15) is 0 Å². The van der Waals surface area contributed by atoms with Gasteiger partial charge in [-0.05, 0) is 31.0 Å². The summed E-state index contributed by atoms with van der Waals surface area (Å²) in [7, 11) is 0. The second-order valence-electron chi connectivity index (χ2n) is 5.52. The minimum Gasteiger partial charge on any atom is -0.326 e. The summed E-state index contributed by atoms with van der Waals surface area (Å²) < 4.78 is 0. The second kappa shape index (κ2) is 5.53. The molecule has 1 saturated carbocycles. The zero-order valence-corrected chi connectivity index (χ0v) is 11.4. The lowest BCUT2D eigenvalue weighted by atomic mass is 9.99. The number of nitrogens with one attached hydrogen (secondary N) is 3. The molecule has 3 N–H and O–H groups in total. The van der Waals surface area contributed by atoms with Crippen LogP contribution in [0.25, 0.3) is 11.0 Å². The van der Waals surface area contributed by atoms with Crippen molar-refractivity contribution in [2.24, 2.45) is 5.92 Å². The molecule has 0 radical (unpaired) electrons. The van der Waals surface area contributed by atoms with Gasteiger partial charge in [-0.1, -0.05) is 25.7 Å². The zero-order valence-electron chi connectivity index (χ0n) is 11.4. The van der Waals surface area contributed by atoms with E-state index >= 15 is 0 Å². The third-order valence-electron chi connectivity index (χ3n) is 4.01. The summed E-state index contributed by atoms with van der Waals surface area (Å²) in [4.78, 5) is 28.9. The molecule has 1 aromatic heterocycles. The summed E-state index contributed by atoms with van der Waals surface area (Å²) in [5, 5.41) is 2.97. The SMILES string of the molecule is O=C(Nc1ccc2[nH]c(=O)[nH]c2c1)C1CCCCCC1. The first-order valence-electron chi connectivity index (χ1n) is 7.25. The topological polar surface area (TPSA) is 77.8 Å². The monoisotopic (exact) mass is 273 g/mol. The van der Waals surface area contributed by atoms with E-state index in [0.717, 1.165) is 36.9 Å². The van der Waals surface area contributed by atoms with Crippen molar-refractivity contribution in [2.45, 2.75) is 38.5 Å². The van der Waals surface area contributed by atoms with E-state index in [2.05, 4.69) is 15.3 Å². The molecular formula is C15H19N3O2. The van der Waals surface area contributed by atoms with Gasteiger partial charge < -0.3 is 15.3 Å². The zero-order chi connectivity index (χ0) is 13.9. The average molecular weight is 273 g/mol. The summed E-state index contributed by atoms with van der Waals surface area (Å²) >= 11 is 0. The van der Waals surface area contributed by atoms with Crippen molar-refractivity contribution < 1.29 is 4.79 Å². The fourth-order valence-corrected chi connectivity index (χ4v) is 2.90. The first-order chi connectivity index (χ1) is 9.72. The summed E-state index contributed by atoms with van der Waals surface area (Å²) in [6, 6.07) is 5.42. The number of H-pyrrole nitrogens is 2. The lowest BCUT2D eigenvalue weighted by molar-refractivity contribution is -0.120. The Morgan fingerprint density at radius 1 is 1.05 bits per heavy atom. The van der Waals surface area contributed by atoms with Gasteiger partial charge in [0.25, 0.3) is 0 Å². The fourth-order valence-electron chi connectivity index (χ4n) is 2.90. The van der Waals surface area contributed by atoms with Gasteiger partial charge in [-0.15, -0.1) is 0 Å². The molecule has 1 aliphatic carbocycles. The molecule has 2 aromatic rings. The number of anilines is 1. The van der Waals surface area contributed by atoms with Crippen LogP contribution in [0.1, 0.15) is 38.5 Å². The maximum absolute atomic E-state index is 12.3. The highest BCUT2D eigenvalue weighted by atomic mass is 16.2. The van der Waals surface area contributed by atoms with E-state index in [0.29, 0.717) is 5.52 Å². The number of hydrogen-bond donors (Lipinski definition) is 3. The maximum Gasteiger partial charge on any atom is 0.323 e. The molecule has 0 atom stereocenters. The molecule has 1 aromatic carbocycles. The Morgan fingerprint density at radius 2 is 1.75 bits per heavy atom. The van der Waals surface area contributed by atoms with Crippen molar-refractivity contribution in [1.82, 2.24) is 9.97 Å². The average Bonchev–Trinajstić information content (AvgIpc) is 2.64. The smallest absolute Gasteiger partial charge is 0.323 e. The van der Waals surface area contributed by atoms with Crippen LogP contribution in [-0.4, -0.2) is 15.9 Å². The first-order valence-corrected chi connectivity index (χ1v) is 7.25. The Balaban J connectivity index is 1.74. The van der Waals surface area contributed by atoms with E-state index in [9.17, 15) is 9.59 Å². The van der Waals surface area contributed by atoms with Crippen LogP contribution in [0, 0.1) is 5.92 Å². The van der Waals surface area contributed by atoms with E-state index in [1.54, 1.807) is 12.1 Å². The maximum atomic E-state index is 12.3. The molecule has 0 unspecified atom stereocenters. The van der Waals surface area contributed by atoms with Crippen molar-refractivity contribution in [1.29, 1.82) is 0 Å². The molecule has 0 aliphatic heterocycles. The predicted molar refractivity (Wildman–Crippen MR) is 78.7 cm³/mol. The molecule has 1 aliphatic rings. The van der Waals surface area contributed by atoms with Crippen LogP contribution in [-0.2, 0) is 4.79 Å². The molecule has 0 spiro atoms. The lowest BCUT2D eigenvalue weighted by Gasteiger charge is -2.14. The molecule has 0 bridgehead atoms. The number of amides is 1. The largest absolute Gasteiger partial charge is 0.326 e. The van der Waals surface area contributed by atoms with E-state index in [1.807, 2.05) is 6.07 Å². The van der Waals surface area contributed by atoms with Gasteiger partial charge in [0.15, 0.2) is 0 Å². The number of aromatic nitrogens is 2. The lowest BCUT2D eigenvalue weighted by Crippen LogP contribution is -2.22. The summed E-state index contributed by atoms with van der Waals surface area (Å²) in [6.07, 6.45) is 6.72. The number of hydrogen-bond acceptors (Lipinski definition) is 2. The third-order valence-corrected chi connectivity index (χ3v) is 4.01. The van der Waals surface area contributed by atoms with Gasteiger partial charge in [-0.3, -0.25) is 4.79 Å². The molecule has 1 amide bonds. The second-order valence-corrected chi connectivity index (χ2v) is 5.52. The third kappa shape index (κ3) is 2.76. The van der Waals surface area contributed by atoms with E-state index in [1.165, 1.54) is 12.8 Å². The van der Waals surface area contributed by atoms with Crippen LogP contribution >= 0.6 is 0 Å². The van der Waals surface area contributed by atoms with E-state index in [4.69, 9.17) is 0 Å². The number of rotatable bonds is 2. The molecule has 5 nitrogen and oxygen atoms in total. The summed E-state index contributed by atoms with van der Waals surface area (Å²) in [5.41, 5.74) is 1.98. The Hall–Kier alpha value is -2.04. The molecule has 0 saturated heterocycles. The minimum atomic E-state index is -0.229. The van der Waals surface area contributed by atoms with Gasteiger partial charge in [0.2, 0.25) is 5.91 Å². The molecule has 106 valence electrons. The number of fused-ring (bicyclic) bond motifs is 1. The van der Waals surface area contributed by atoms with Crippen LogP contribution in [0.2, 0.25) is 0 Å². The molecule has 1 fully saturated rings. The normalized spacial score (nSPS) is 17.0. The van der Waals surface area contributed by atoms with Crippen molar-refractivity contribution >= 4 is 22.6 Å². The first kappa shape index (κ1) is 13.0. The van der Waals surface area contributed by atoms with Crippen LogP contribution < -0.4 is 11.0 Å². The summed E-state index contributed by atoms with van der Waals surface area (Å²) in [6.45, 7) is 0. The van der Waals surface area contributed by atoms with Gasteiger partial charge in [0.05, 0.1) is 11.0 Å². The number of benzene rings is 1. The Bertz CT molecular complexity index is 663. The number of imidazole rings is 1. The summed E-state index contributed by atoms with van der Waals surface area (Å²) in [5.74, 6) is 0.225. The molecular weight excluding hydrogens is 254 g/mol. The number of carbonyl (C=O) groups excluding carboxylic acids is 1. The molecule has 20 heavy (non-hydrogen) atoms. The van der Waals surface area contributed by atoms with Crippen molar-refractivity contribution in [3.63, 3.8) is 0 Å². The predicted octanol–water partition coefficient (Wildman–Crippen LogP) is 2.77. The number of carbonyl (C=O) groups is 1. The van der Waals surface area contributed by atoms with Gasteiger partial charge in [0.1, 0.15) is 0 Å². The quantitative estimate of drug-likeness (QED) is 0.736.